The van der Waals surface area contributed by atoms with Crippen LogP contribution in [0.25, 0.3) is 0 Å². The Bertz CT molecular complexity index is 441. The van der Waals surface area contributed by atoms with Crippen LogP contribution in [-0.4, -0.2) is 28.5 Å². The van der Waals surface area contributed by atoms with Crippen LogP contribution >= 0.6 is 0 Å². The fraction of sp³-hybridized carbons (Fsp3) is 0.364. The predicted molar refractivity (Wildman–Crippen MR) is 58.8 cm³/mol. The van der Waals surface area contributed by atoms with Crippen LogP contribution < -0.4 is 5.32 Å². The lowest BCUT2D eigenvalue weighted by Crippen LogP contribution is -2.30. The van der Waals surface area contributed by atoms with E-state index in [0.717, 1.165) is 36.4 Å². The lowest BCUT2D eigenvalue weighted by atomic mass is 10.1. The number of nitrogens with one attached hydrogen (secondary N) is 1. The number of oxime groups is 1. The third kappa shape index (κ3) is 1.59. The maximum atomic E-state index is 5.34. The Balaban J connectivity index is 1.95. The van der Waals surface area contributed by atoms with E-state index in [0.29, 0.717) is 0 Å². The molecule has 1 unspecified atom stereocenters. The third-order valence-electron chi connectivity index (χ3n) is 2.69. The standard InChI is InChI=1S/C11H12N4O/c1-2-4-14-11-8(3-1)10(15-16-11)9-7-12-5-6-13-9/h3,5-7,11,14H,1-2,4H2. The SMILES string of the molecule is C1=C2C(c3cnccn3)=NOC2NCCC1. The van der Waals surface area contributed by atoms with Gasteiger partial charge in [0.25, 0.3) is 0 Å². The van der Waals surface area contributed by atoms with Crippen LogP contribution in [0.4, 0.5) is 0 Å². The van der Waals surface area contributed by atoms with Gasteiger partial charge in [0.1, 0.15) is 11.4 Å². The zero-order valence-electron chi connectivity index (χ0n) is 8.76. The van der Waals surface area contributed by atoms with Crippen molar-refractivity contribution in [1.82, 2.24) is 15.3 Å². The molecule has 3 heterocycles. The summed E-state index contributed by atoms with van der Waals surface area (Å²) in [4.78, 5) is 13.6. The second kappa shape index (κ2) is 4.02. The van der Waals surface area contributed by atoms with Crippen LogP contribution in [0.5, 0.6) is 0 Å². The molecule has 0 aromatic carbocycles. The van der Waals surface area contributed by atoms with Gasteiger partial charge in [-0.25, -0.2) is 0 Å². The van der Waals surface area contributed by atoms with E-state index in [1.807, 2.05) is 0 Å². The number of allylic oxidation sites excluding steroid dienone is 1. The Morgan fingerprint density at radius 3 is 3.25 bits per heavy atom. The van der Waals surface area contributed by atoms with E-state index in [1.54, 1.807) is 18.6 Å². The van der Waals surface area contributed by atoms with Gasteiger partial charge in [0.05, 0.1) is 6.20 Å². The summed E-state index contributed by atoms with van der Waals surface area (Å²) in [6.07, 6.45) is 9.24. The molecule has 1 aromatic rings. The summed E-state index contributed by atoms with van der Waals surface area (Å²) in [7, 11) is 0. The van der Waals surface area contributed by atoms with Crippen LogP contribution in [0.1, 0.15) is 18.5 Å². The summed E-state index contributed by atoms with van der Waals surface area (Å²) < 4.78 is 0. The Morgan fingerprint density at radius 2 is 2.38 bits per heavy atom. The van der Waals surface area contributed by atoms with Gasteiger partial charge in [0.15, 0.2) is 0 Å². The average Bonchev–Trinajstić information content (AvgIpc) is 2.60. The molecule has 2 aliphatic rings. The summed E-state index contributed by atoms with van der Waals surface area (Å²) in [6.45, 7) is 0.952. The van der Waals surface area contributed by atoms with Crippen LogP contribution in [-0.2, 0) is 4.84 Å². The molecule has 1 atom stereocenters. The van der Waals surface area contributed by atoms with Gasteiger partial charge >= 0.3 is 0 Å². The molecule has 2 aliphatic heterocycles. The highest BCUT2D eigenvalue weighted by atomic mass is 16.7. The summed E-state index contributed by atoms with van der Waals surface area (Å²) in [5.41, 5.74) is 2.64. The molecule has 0 amide bonds. The Labute approximate surface area is 93.2 Å². The van der Waals surface area contributed by atoms with Crippen LogP contribution in [0.3, 0.4) is 0 Å². The number of fused-ring (bicyclic) bond motifs is 1. The molecule has 1 aromatic heterocycles. The second-order valence-corrected chi connectivity index (χ2v) is 3.77. The van der Waals surface area contributed by atoms with Crippen LogP contribution in [0.2, 0.25) is 0 Å². The van der Waals surface area contributed by atoms with E-state index in [4.69, 9.17) is 4.84 Å². The summed E-state index contributed by atoms with van der Waals surface area (Å²) in [6, 6.07) is 0. The monoisotopic (exact) mass is 216 g/mol. The van der Waals surface area contributed by atoms with E-state index in [9.17, 15) is 0 Å². The first-order chi connectivity index (χ1) is 7.95. The molecule has 5 heteroatoms. The molecule has 0 aliphatic carbocycles. The molecular weight excluding hydrogens is 204 g/mol. The number of nitrogens with zero attached hydrogens (tertiary/aromatic N) is 3. The van der Waals surface area contributed by atoms with Crippen LogP contribution in [0, 0.1) is 0 Å². The van der Waals surface area contributed by atoms with Crippen molar-refractivity contribution in [2.24, 2.45) is 5.16 Å². The Kier molecular flexibility index (Phi) is 2.38. The Morgan fingerprint density at radius 1 is 1.38 bits per heavy atom. The summed E-state index contributed by atoms with van der Waals surface area (Å²) in [5, 5.41) is 7.37. The average molecular weight is 216 g/mol. The first kappa shape index (κ1) is 9.47. The van der Waals surface area contributed by atoms with E-state index < -0.39 is 0 Å². The molecule has 0 spiro atoms. The molecule has 0 bridgehead atoms. The highest BCUT2D eigenvalue weighted by molar-refractivity contribution is 6.12. The minimum Gasteiger partial charge on any atom is -0.371 e. The minimum absolute atomic E-state index is 0.112. The van der Waals surface area contributed by atoms with Crippen molar-refractivity contribution in [3.63, 3.8) is 0 Å². The second-order valence-electron chi connectivity index (χ2n) is 3.77. The zero-order valence-corrected chi connectivity index (χ0v) is 8.76. The fourth-order valence-corrected chi connectivity index (χ4v) is 1.90. The minimum atomic E-state index is -0.112. The first-order valence-corrected chi connectivity index (χ1v) is 5.39. The maximum Gasteiger partial charge on any atom is 0.206 e. The smallest absolute Gasteiger partial charge is 0.206 e. The highest BCUT2D eigenvalue weighted by Gasteiger charge is 2.29. The maximum absolute atomic E-state index is 5.34. The first-order valence-electron chi connectivity index (χ1n) is 5.39. The van der Waals surface area contributed by atoms with Crippen LogP contribution in [0.15, 0.2) is 35.4 Å². The molecule has 16 heavy (non-hydrogen) atoms. The van der Waals surface area contributed by atoms with E-state index in [2.05, 4.69) is 26.5 Å². The van der Waals surface area contributed by atoms with Gasteiger partial charge in [0.2, 0.25) is 6.23 Å². The van der Waals surface area contributed by atoms with Gasteiger partial charge in [-0.3, -0.25) is 15.3 Å². The molecule has 0 saturated carbocycles. The summed E-state index contributed by atoms with van der Waals surface area (Å²) in [5.74, 6) is 0. The number of rotatable bonds is 1. The van der Waals surface area contributed by atoms with Crippen molar-refractivity contribution >= 4 is 5.71 Å². The number of aromatic nitrogens is 2. The van der Waals surface area contributed by atoms with E-state index in [-0.39, 0.29) is 6.23 Å². The number of hydrogen-bond acceptors (Lipinski definition) is 5. The van der Waals surface area contributed by atoms with E-state index >= 15 is 0 Å². The Hall–Kier alpha value is -1.75. The normalized spacial score (nSPS) is 23.9. The predicted octanol–water partition coefficient (Wildman–Crippen LogP) is 0.847. The van der Waals surface area contributed by atoms with Gasteiger partial charge in [-0.1, -0.05) is 11.2 Å². The quantitative estimate of drug-likeness (QED) is 0.756. The molecule has 3 rings (SSSR count). The molecular formula is C11H12N4O. The molecule has 0 radical (unpaired) electrons. The van der Waals surface area contributed by atoms with Gasteiger partial charge in [0, 0.05) is 18.0 Å². The number of hydrogen-bond donors (Lipinski definition) is 1. The zero-order chi connectivity index (χ0) is 10.8. The van der Waals surface area contributed by atoms with Crippen molar-refractivity contribution in [3.8, 4) is 0 Å². The van der Waals surface area contributed by atoms with Crippen molar-refractivity contribution < 1.29 is 4.84 Å². The topological polar surface area (TPSA) is 59.4 Å². The fourth-order valence-electron chi connectivity index (χ4n) is 1.90. The molecule has 0 fully saturated rings. The lowest BCUT2D eigenvalue weighted by molar-refractivity contribution is 0.0808. The molecule has 5 nitrogen and oxygen atoms in total. The van der Waals surface area contributed by atoms with Gasteiger partial charge in [-0.15, -0.1) is 0 Å². The lowest BCUT2D eigenvalue weighted by Gasteiger charge is -2.09. The van der Waals surface area contributed by atoms with Crippen molar-refractivity contribution in [2.45, 2.75) is 19.1 Å². The molecule has 82 valence electrons. The highest BCUT2D eigenvalue weighted by Crippen LogP contribution is 2.22. The van der Waals surface area contributed by atoms with Gasteiger partial charge in [-0.2, -0.15) is 0 Å². The third-order valence-corrected chi connectivity index (χ3v) is 2.69. The van der Waals surface area contributed by atoms with Crippen molar-refractivity contribution in [1.29, 1.82) is 0 Å². The van der Waals surface area contributed by atoms with Gasteiger partial charge < -0.3 is 4.84 Å². The van der Waals surface area contributed by atoms with E-state index in [1.165, 1.54) is 0 Å². The van der Waals surface area contributed by atoms with Crippen molar-refractivity contribution in [2.75, 3.05) is 6.54 Å². The molecule has 0 saturated heterocycles. The van der Waals surface area contributed by atoms with Gasteiger partial charge in [-0.05, 0) is 19.4 Å². The van der Waals surface area contributed by atoms with Crippen molar-refractivity contribution in [3.05, 3.63) is 35.9 Å². The largest absolute Gasteiger partial charge is 0.371 e. The summed E-state index contributed by atoms with van der Waals surface area (Å²) >= 11 is 0. The molecule has 1 N–H and O–H groups in total.